The Morgan fingerprint density at radius 2 is 1.88 bits per heavy atom. The second-order valence-corrected chi connectivity index (χ2v) is 3.50. The molecule has 0 fully saturated rings. The van der Waals surface area contributed by atoms with Crippen molar-refractivity contribution in [3.63, 3.8) is 0 Å². The van der Waals surface area contributed by atoms with E-state index in [1.807, 2.05) is 38.1 Å². The first-order valence-corrected chi connectivity index (χ1v) is 5.95. The molecule has 0 saturated heterocycles. The van der Waals surface area contributed by atoms with Gasteiger partial charge in [-0.05, 0) is 31.5 Å². The van der Waals surface area contributed by atoms with Crippen molar-refractivity contribution in [3.8, 4) is 5.75 Å². The summed E-state index contributed by atoms with van der Waals surface area (Å²) in [6.07, 6.45) is -0.313. The minimum Gasteiger partial charge on any atom is -0.488 e. The lowest BCUT2D eigenvalue weighted by Gasteiger charge is -2.17. The minimum absolute atomic E-state index is 0.313. The summed E-state index contributed by atoms with van der Waals surface area (Å²) in [7, 11) is 0. The van der Waals surface area contributed by atoms with Crippen LogP contribution in [0.15, 0.2) is 24.3 Å². The molecule has 0 bridgehead atoms. The summed E-state index contributed by atoms with van der Waals surface area (Å²) < 4.78 is 16.4. The molecule has 1 aromatic rings. The Hall–Kier alpha value is -1.10. The molecule has 17 heavy (non-hydrogen) atoms. The van der Waals surface area contributed by atoms with Gasteiger partial charge in [0.05, 0.1) is 0 Å². The van der Waals surface area contributed by atoms with Crippen LogP contribution in [0.25, 0.3) is 0 Å². The van der Waals surface area contributed by atoms with Crippen molar-refractivity contribution in [3.05, 3.63) is 29.8 Å². The molecule has 0 atom stereocenters. The third-order valence-corrected chi connectivity index (χ3v) is 2.23. The fourth-order valence-corrected chi connectivity index (χ4v) is 1.44. The van der Waals surface area contributed by atoms with Crippen molar-refractivity contribution in [2.75, 3.05) is 19.8 Å². The number of rotatable bonds is 8. The maximum atomic E-state index is 5.61. The lowest BCUT2D eigenvalue weighted by molar-refractivity contribution is -0.152. The zero-order valence-corrected chi connectivity index (χ0v) is 10.5. The molecule has 0 amide bonds. The summed E-state index contributed by atoms with van der Waals surface area (Å²) in [6, 6.07) is 7.71. The molecule has 0 aliphatic heterocycles. The highest BCUT2D eigenvalue weighted by Gasteiger charge is 2.08. The van der Waals surface area contributed by atoms with Crippen LogP contribution in [-0.4, -0.2) is 26.1 Å². The van der Waals surface area contributed by atoms with Crippen LogP contribution in [-0.2, 0) is 16.0 Å². The number of ether oxygens (including phenoxy) is 3. The highest BCUT2D eigenvalue weighted by molar-refractivity contribution is 5.28. The second-order valence-electron chi connectivity index (χ2n) is 3.50. The molecule has 0 aliphatic rings. The number of hydrogen-bond donors (Lipinski definition) is 1. The summed E-state index contributed by atoms with van der Waals surface area (Å²) in [5.74, 6) is 0.789. The van der Waals surface area contributed by atoms with Crippen molar-refractivity contribution in [2.24, 2.45) is 5.73 Å². The third kappa shape index (κ3) is 5.17. The fourth-order valence-electron chi connectivity index (χ4n) is 1.44. The molecule has 1 aromatic carbocycles. The van der Waals surface area contributed by atoms with E-state index in [9.17, 15) is 0 Å². The van der Waals surface area contributed by atoms with E-state index in [4.69, 9.17) is 19.9 Å². The van der Waals surface area contributed by atoms with Crippen LogP contribution < -0.4 is 10.5 Å². The van der Waals surface area contributed by atoms with Gasteiger partial charge in [-0.1, -0.05) is 12.1 Å². The molecule has 0 saturated carbocycles. The van der Waals surface area contributed by atoms with Crippen LogP contribution in [0.5, 0.6) is 5.75 Å². The fraction of sp³-hybridized carbons (Fsp3) is 0.538. The molecule has 0 unspecified atom stereocenters. The Morgan fingerprint density at radius 3 is 2.47 bits per heavy atom. The van der Waals surface area contributed by atoms with E-state index >= 15 is 0 Å². The van der Waals surface area contributed by atoms with Gasteiger partial charge in [0.2, 0.25) is 0 Å². The number of benzene rings is 1. The summed E-state index contributed by atoms with van der Waals surface area (Å²) in [5, 5.41) is 0. The molecule has 2 N–H and O–H groups in total. The normalized spacial score (nSPS) is 10.8. The Kier molecular flexibility index (Phi) is 6.62. The van der Waals surface area contributed by atoms with Gasteiger partial charge < -0.3 is 19.9 Å². The van der Waals surface area contributed by atoms with E-state index in [1.54, 1.807) is 0 Å². The molecule has 4 nitrogen and oxygen atoms in total. The van der Waals surface area contributed by atoms with Gasteiger partial charge in [-0.3, -0.25) is 0 Å². The van der Waals surface area contributed by atoms with E-state index < -0.39 is 0 Å². The van der Waals surface area contributed by atoms with E-state index in [2.05, 4.69) is 0 Å². The summed E-state index contributed by atoms with van der Waals surface area (Å²) >= 11 is 0. The molecule has 0 radical (unpaired) electrons. The maximum absolute atomic E-state index is 5.61. The molecular weight excluding hydrogens is 218 g/mol. The summed E-state index contributed by atoms with van der Waals surface area (Å²) in [4.78, 5) is 0. The van der Waals surface area contributed by atoms with Crippen molar-refractivity contribution in [1.29, 1.82) is 0 Å². The monoisotopic (exact) mass is 239 g/mol. The number of hydrogen-bond acceptors (Lipinski definition) is 4. The highest BCUT2D eigenvalue weighted by Crippen LogP contribution is 2.13. The molecular formula is C13H21NO3. The predicted molar refractivity (Wildman–Crippen MR) is 66.9 cm³/mol. The Morgan fingerprint density at radius 1 is 1.18 bits per heavy atom. The SMILES string of the molecule is CCOC(COc1cccc(CN)c1)OCC. The van der Waals surface area contributed by atoms with Crippen LogP contribution in [0, 0.1) is 0 Å². The standard InChI is InChI=1S/C13H21NO3/c1-3-15-13(16-4-2)10-17-12-7-5-6-11(8-12)9-14/h5-8,13H,3-4,9-10,14H2,1-2H3. The molecule has 0 spiro atoms. The van der Waals surface area contributed by atoms with Crippen molar-refractivity contribution in [1.82, 2.24) is 0 Å². The van der Waals surface area contributed by atoms with E-state index in [0.717, 1.165) is 11.3 Å². The summed E-state index contributed by atoms with van der Waals surface area (Å²) in [5.41, 5.74) is 6.61. The van der Waals surface area contributed by atoms with Gasteiger partial charge in [0.25, 0.3) is 0 Å². The Bertz CT molecular complexity index is 311. The first-order valence-electron chi connectivity index (χ1n) is 5.95. The lowest BCUT2D eigenvalue weighted by atomic mass is 10.2. The molecule has 0 aromatic heterocycles. The van der Waals surface area contributed by atoms with Gasteiger partial charge in [0.1, 0.15) is 12.4 Å². The van der Waals surface area contributed by atoms with Gasteiger partial charge in [-0.15, -0.1) is 0 Å². The average Bonchev–Trinajstić information content (AvgIpc) is 2.37. The Balaban J connectivity index is 2.46. The van der Waals surface area contributed by atoms with Gasteiger partial charge in [0, 0.05) is 19.8 Å². The first-order chi connectivity index (χ1) is 8.30. The molecule has 0 heterocycles. The second kappa shape index (κ2) is 8.06. The van der Waals surface area contributed by atoms with Crippen LogP contribution in [0.3, 0.4) is 0 Å². The summed E-state index contributed by atoms with van der Waals surface area (Å²) in [6.45, 7) is 5.98. The molecule has 1 rings (SSSR count). The predicted octanol–water partition coefficient (Wildman–Crippen LogP) is 1.92. The first kappa shape index (κ1) is 14.0. The average molecular weight is 239 g/mol. The van der Waals surface area contributed by atoms with E-state index in [-0.39, 0.29) is 6.29 Å². The third-order valence-electron chi connectivity index (χ3n) is 2.23. The van der Waals surface area contributed by atoms with E-state index in [0.29, 0.717) is 26.4 Å². The zero-order valence-electron chi connectivity index (χ0n) is 10.5. The highest BCUT2D eigenvalue weighted by atomic mass is 16.7. The Labute approximate surface area is 103 Å². The van der Waals surface area contributed by atoms with Crippen molar-refractivity contribution < 1.29 is 14.2 Å². The van der Waals surface area contributed by atoms with Gasteiger partial charge in [0.15, 0.2) is 6.29 Å². The van der Waals surface area contributed by atoms with Crippen LogP contribution >= 0.6 is 0 Å². The van der Waals surface area contributed by atoms with Crippen molar-refractivity contribution in [2.45, 2.75) is 26.7 Å². The van der Waals surface area contributed by atoms with E-state index in [1.165, 1.54) is 0 Å². The van der Waals surface area contributed by atoms with Crippen molar-refractivity contribution >= 4 is 0 Å². The zero-order chi connectivity index (χ0) is 12.5. The van der Waals surface area contributed by atoms with Gasteiger partial charge >= 0.3 is 0 Å². The van der Waals surface area contributed by atoms with Gasteiger partial charge in [-0.25, -0.2) is 0 Å². The number of nitrogens with two attached hydrogens (primary N) is 1. The smallest absolute Gasteiger partial charge is 0.191 e. The molecule has 4 heteroatoms. The topological polar surface area (TPSA) is 53.7 Å². The van der Waals surface area contributed by atoms with Gasteiger partial charge in [-0.2, -0.15) is 0 Å². The minimum atomic E-state index is -0.313. The molecule has 96 valence electrons. The largest absolute Gasteiger partial charge is 0.488 e. The lowest BCUT2D eigenvalue weighted by Crippen LogP contribution is -2.25. The van der Waals surface area contributed by atoms with Crippen LogP contribution in [0.1, 0.15) is 19.4 Å². The quantitative estimate of drug-likeness (QED) is 0.704. The maximum Gasteiger partial charge on any atom is 0.191 e. The van der Waals surface area contributed by atoms with Crippen LogP contribution in [0.4, 0.5) is 0 Å². The molecule has 0 aliphatic carbocycles. The van der Waals surface area contributed by atoms with Crippen LogP contribution in [0.2, 0.25) is 0 Å².